The van der Waals surface area contributed by atoms with Crippen LogP contribution in [0.3, 0.4) is 0 Å². The number of aromatic nitrogens is 1. The van der Waals surface area contributed by atoms with E-state index in [1.54, 1.807) is 24.3 Å². The molecular formula is C19H17ClFN3O2. The van der Waals surface area contributed by atoms with E-state index in [4.69, 9.17) is 11.6 Å². The maximum absolute atomic E-state index is 13.6. The van der Waals surface area contributed by atoms with E-state index in [1.165, 1.54) is 13.0 Å². The lowest BCUT2D eigenvalue weighted by molar-refractivity contribution is -0.114. The topological polar surface area (TPSA) is 74.0 Å². The Balaban J connectivity index is 1.93. The van der Waals surface area contributed by atoms with Gasteiger partial charge in [-0.05, 0) is 43.3 Å². The summed E-state index contributed by atoms with van der Waals surface area (Å²) in [5.41, 5.74) is 1.94. The van der Waals surface area contributed by atoms with Gasteiger partial charge in [-0.2, -0.15) is 0 Å². The second-order valence-electron chi connectivity index (χ2n) is 6.03. The molecule has 0 fully saturated rings. The number of pyridine rings is 1. The summed E-state index contributed by atoms with van der Waals surface area (Å²) in [5.74, 6) is -0.635. The monoisotopic (exact) mass is 373 g/mol. The molecule has 3 N–H and O–H groups in total. The van der Waals surface area contributed by atoms with Crippen molar-refractivity contribution in [2.75, 3.05) is 10.6 Å². The van der Waals surface area contributed by atoms with Gasteiger partial charge in [-0.15, -0.1) is 0 Å². The maximum Gasteiger partial charge on any atom is 0.253 e. The van der Waals surface area contributed by atoms with E-state index in [9.17, 15) is 14.0 Å². The van der Waals surface area contributed by atoms with Gasteiger partial charge in [-0.3, -0.25) is 9.59 Å². The molecule has 0 bridgehead atoms. The zero-order chi connectivity index (χ0) is 18.8. The summed E-state index contributed by atoms with van der Waals surface area (Å²) in [7, 11) is 0. The molecular weight excluding hydrogens is 357 g/mol. The van der Waals surface area contributed by atoms with Crippen molar-refractivity contribution in [1.82, 2.24) is 4.98 Å². The van der Waals surface area contributed by atoms with Gasteiger partial charge in [0.25, 0.3) is 5.56 Å². The van der Waals surface area contributed by atoms with Gasteiger partial charge >= 0.3 is 0 Å². The predicted octanol–water partition coefficient (Wildman–Crippen LogP) is 4.45. The van der Waals surface area contributed by atoms with Crippen LogP contribution in [0.1, 0.15) is 25.5 Å². The van der Waals surface area contributed by atoms with E-state index < -0.39 is 5.82 Å². The fourth-order valence-corrected chi connectivity index (χ4v) is 3.06. The minimum absolute atomic E-state index is 0.160. The van der Waals surface area contributed by atoms with E-state index in [1.807, 2.05) is 13.0 Å². The summed E-state index contributed by atoms with van der Waals surface area (Å²) >= 11 is 5.99. The Hall–Kier alpha value is -2.86. The molecule has 0 saturated carbocycles. The minimum atomic E-state index is -0.468. The smallest absolute Gasteiger partial charge is 0.253 e. The van der Waals surface area contributed by atoms with Gasteiger partial charge in [0.15, 0.2) is 0 Å². The molecule has 3 rings (SSSR count). The van der Waals surface area contributed by atoms with Crippen molar-refractivity contribution in [1.29, 1.82) is 0 Å². The van der Waals surface area contributed by atoms with Crippen LogP contribution in [0.15, 0.2) is 47.3 Å². The number of hydrogen-bond acceptors (Lipinski definition) is 3. The molecule has 0 spiro atoms. The third-order valence-corrected chi connectivity index (χ3v) is 4.23. The number of aromatic amines is 1. The van der Waals surface area contributed by atoms with Crippen molar-refractivity contribution in [3.63, 3.8) is 0 Å². The van der Waals surface area contributed by atoms with Crippen LogP contribution < -0.4 is 16.2 Å². The molecule has 5 nitrogen and oxygen atoms in total. The molecule has 0 aliphatic heterocycles. The number of anilines is 2. The molecule has 0 unspecified atom stereocenters. The predicted molar refractivity (Wildman–Crippen MR) is 102 cm³/mol. The summed E-state index contributed by atoms with van der Waals surface area (Å²) in [6.45, 7) is 3.25. The van der Waals surface area contributed by atoms with Crippen LogP contribution in [0, 0.1) is 5.82 Å². The largest absolute Gasteiger partial charge is 0.378 e. The number of benzene rings is 2. The number of carbonyl (C=O) groups excluding carboxylic acids is 1. The number of amides is 1. The van der Waals surface area contributed by atoms with Gasteiger partial charge < -0.3 is 15.6 Å². The molecule has 1 amide bonds. The second kappa shape index (κ2) is 7.17. The van der Waals surface area contributed by atoms with Crippen molar-refractivity contribution in [2.45, 2.75) is 19.9 Å². The molecule has 1 aromatic heterocycles. The minimum Gasteiger partial charge on any atom is -0.378 e. The van der Waals surface area contributed by atoms with E-state index >= 15 is 0 Å². The molecule has 2 aromatic carbocycles. The SMILES string of the molecule is CC(=O)Nc1cccc(N[C@@H](C)c2cc3cc(F)cc(Cl)c3[nH]c2=O)c1. The quantitative estimate of drug-likeness (QED) is 0.632. The molecule has 26 heavy (non-hydrogen) atoms. The van der Waals surface area contributed by atoms with Crippen LogP contribution in [0.5, 0.6) is 0 Å². The third kappa shape index (κ3) is 3.86. The van der Waals surface area contributed by atoms with Crippen LogP contribution in [0.2, 0.25) is 5.02 Å². The van der Waals surface area contributed by atoms with Gasteiger partial charge in [0.05, 0.1) is 16.6 Å². The van der Waals surface area contributed by atoms with Gasteiger partial charge in [0.1, 0.15) is 5.82 Å². The van der Waals surface area contributed by atoms with E-state index in [0.717, 1.165) is 11.8 Å². The number of nitrogens with one attached hydrogen (secondary N) is 3. The van der Waals surface area contributed by atoms with Crippen LogP contribution in [-0.2, 0) is 4.79 Å². The van der Waals surface area contributed by atoms with Crippen molar-refractivity contribution in [3.8, 4) is 0 Å². The molecule has 0 radical (unpaired) electrons. The maximum atomic E-state index is 13.6. The van der Waals surface area contributed by atoms with Crippen molar-refractivity contribution in [2.24, 2.45) is 0 Å². The van der Waals surface area contributed by atoms with Crippen molar-refractivity contribution < 1.29 is 9.18 Å². The summed E-state index contributed by atoms with van der Waals surface area (Å²) in [6, 6.07) is 10.9. The Morgan fingerprint density at radius 3 is 2.65 bits per heavy atom. The van der Waals surface area contributed by atoms with Crippen LogP contribution >= 0.6 is 11.6 Å². The summed E-state index contributed by atoms with van der Waals surface area (Å²) in [5, 5.41) is 6.59. The first-order valence-electron chi connectivity index (χ1n) is 7.99. The van der Waals surface area contributed by atoms with Gasteiger partial charge in [0.2, 0.25) is 5.91 Å². The highest BCUT2D eigenvalue weighted by molar-refractivity contribution is 6.35. The van der Waals surface area contributed by atoms with E-state index in [-0.39, 0.29) is 22.5 Å². The number of hydrogen-bond donors (Lipinski definition) is 3. The molecule has 3 aromatic rings. The van der Waals surface area contributed by atoms with E-state index in [0.29, 0.717) is 22.2 Å². The summed E-state index contributed by atoms with van der Waals surface area (Å²) in [4.78, 5) is 26.3. The Bertz CT molecular complexity index is 1050. The first-order chi connectivity index (χ1) is 12.3. The first-order valence-corrected chi connectivity index (χ1v) is 8.37. The highest BCUT2D eigenvalue weighted by atomic mass is 35.5. The lowest BCUT2D eigenvalue weighted by atomic mass is 10.1. The van der Waals surface area contributed by atoms with Gasteiger partial charge in [0, 0.05) is 29.2 Å². The Labute approximate surface area is 154 Å². The zero-order valence-corrected chi connectivity index (χ0v) is 14.9. The molecule has 0 saturated heterocycles. The number of H-pyrrole nitrogens is 1. The average molecular weight is 374 g/mol. The van der Waals surface area contributed by atoms with Crippen LogP contribution in [0.25, 0.3) is 10.9 Å². The van der Waals surface area contributed by atoms with Crippen LogP contribution in [0.4, 0.5) is 15.8 Å². The fourth-order valence-electron chi connectivity index (χ4n) is 2.80. The first kappa shape index (κ1) is 17.9. The van der Waals surface area contributed by atoms with Crippen molar-refractivity contribution >= 4 is 39.8 Å². The molecule has 1 atom stereocenters. The molecule has 0 aliphatic carbocycles. The Morgan fingerprint density at radius 1 is 1.19 bits per heavy atom. The zero-order valence-electron chi connectivity index (χ0n) is 14.2. The number of rotatable bonds is 4. The molecule has 1 heterocycles. The summed E-state index contributed by atoms with van der Waals surface area (Å²) < 4.78 is 13.6. The third-order valence-electron chi connectivity index (χ3n) is 3.93. The highest BCUT2D eigenvalue weighted by Gasteiger charge is 2.13. The Morgan fingerprint density at radius 2 is 1.92 bits per heavy atom. The van der Waals surface area contributed by atoms with Crippen molar-refractivity contribution in [3.05, 3.63) is 69.2 Å². The van der Waals surface area contributed by atoms with E-state index in [2.05, 4.69) is 15.6 Å². The van der Waals surface area contributed by atoms with Gasteiger partial charge in [-0.1, -0.05) is 17.7 Å². The normalized spacial score (nSPS) is 12.0. The molecule has 134 valence electrons. The fraction of sp³-hybridized carbons (Fsp3) is 0.158. The Kier molecular flexibility index (Phi) is 4.95. The molecule has 0 aliphatic rings. The number of halogens is 2. The standard InChI is InChI=1S/C19H17ClFN3O2/c1-10(22-14-4-3-5-15(9-14)23-11(2)25)16-7-12-6-13(21)8-17(20)18(12)24-19(16)26/h3-10,22H,1-2H3,(H,23,25)(H,24,26)/t10-/m0/s1. The second-order valence-corrected chi connectivity index (χ2v) is 6.44. The number of fused-ring (bicyclic) bond motifs is 1. The molecule has 7 heteroatoms. The van der Waals surface area contributed by atoms with Gasteiger partial charge in [-0.25, -0.2) is 4.39 Å². The summed E-state index contributed by atoms with van der Waals surface area (Å²) in [6.07, 6.45) is 0. The lowest BCUT2D eigenvalue weighted by Crippen LogP contribution is -2.19. The highest BCUT2D eigenvalue weighted by Crippen LogP contribution is 2.25. The lowest BCUT2D eigenvalue weighted by Gasteiger charge is -2.16. The average Bonchev–Trinajstić information content (AvgIpc) is 2.54. The van der Waals surface area contributed by atoms with Crippen LogP contribution in [-0.4, -0.2) is 10.9 Å². The number of carbonyl (C=O) groups is 1.